The molecule has 1 amide bonds. The molecule has 1 heterocycles. The molecule has 2 rings (SSSR count). The van der Waals surface area contributed by atoms with Crippen LogP contribution in [0, 0.1) is 13.8 Å². The lowest BCUT2D eigenvalue weighted by atomic mass is 10.0. The van der Waals surface area contributed by atoms with Crippen LogP contribution >= 0.6 is 0 Å². The normalized spacial score (nSPS) is 13.7. The number of amides is 1. The zero-order valence-electron chi connectivity index (χ0n) is 12.5. The van der Waals surface area contributed by atoms with Gasteiger partial charge in [0.15, 0.2) is 5.89 Å². The van der Waals surface area contributed by atoms with Crippen molar-refractivity contribution in [3.05, 3.63) is 53.2 Å². The molecule has 0 aliphatic carbocycles. The number of nitrogens with one attached hydrogen (secondary N) is 1. The van der Waals surface area contributed by atoms with E-state index in [1.807, 2.05) is 37.3 Å². The molecular weight excluding hydrogens is 268 g/mol. The first kappa shape index (κ1) is 15.3. The van der Waals surface area contributed by atoms with Crippen molar-refractivity contribution in [1.82, 2.24) is 10.3 Å². The lowest BCUT2D eigenvalue weighted by molar-refractivity contribution is 0.0887. The predicted octanol–water partition coefficient (Wildman–Crippen LogP) is 2.53. The molecule has 21 heavy (non-hydrogen) atoms. The predicted molar refractivity (Wildman–Crippen MR) is 78.9 cm³/mol. The first-order valence-corrected chi connectivity index (χ1v) is 6.95. The van der Waals surface area contributed by atoms with Gasteiger partial charge in [-0.25, -0.2) is 4.98 Å². The van der Waals surface area contributed by atoms with Gasteiger partial charge in [-0.05, 0) is 25.8 Å². The van der Waals surface area contributed by atoms with Gasteiger partial charge in [-0.2, -0.15) is 0 Å². The molecule has 112 valence electrons. The monoisotopic (exact) mass is 288 g/mol. The number of benzene rings is 1. The Morgan fingerprint density at radius 2 is 2.00 bits per heavy atom. The van der Waals surface area contributed by atoms with Crippen molar-refractivity contribution in [2.24, 2.45) is 0 Å². The fourth-order valence-corrected chi connectivity index (χ4v) is 2.24. The van der Waals surface area contributed by atoms with Crippen LogP contribution in [-0.4, -0.2) is 22.0 Å². The highest BCUT2D eigenvalue weighted by Gasteiger charge is 2.19. The van der Waals surface area contributed by atoms with Crippen molar-refractivity contribution >= 4 is 5.91 Å². The van der Waals surface area contributed by atoms with E-state index in [9.17, 15) is 9.90 Å². The molecule has 2 atom stereocenters. The second-order valence-corrected chi connectivity index (χ2v) is 5.18. The summed E-state index contributed by atoms with van der Waals surface area (Å²) >= 11 is 0. The number of aromatic nitrogens is 1. The summed E-state index contributed by atoms with van der Waals surface area (Å²) in [4.78, 5) is 16.2. The van der Waals surface area contributed by atoms with Crippen LogP contribution in [0.5, 0.6) is 0 Å². The average molecular weight is 288 g/mol. The molecule has 0 unspecified atom stereocenters. The Labute approximate surface area is 124 Å². The number of nitrogens with zero attached hydrogens (tertiary/aromatic N) is 1. The summed E-state index contributed by atoms with van der Waals surface area (Å²) < 4.78 is 5.28. The van der Waals surface area contributed by atoms with E-state index < -0.39 is 6.10 Å². The van der Waals surface area contributed by atoms with Crippen LogP contribution in [0.2, 0.25) is 0 Å². The van der Waals surface area contributed by atoms with Crippen molar-refractivity contribution in [1.29, 1.82) is 0 Å². The number of aryl methyl sites for hydroxylation is 2. The van der Waals surface area contributed by atoms with Gasteiger partial charge in [-0.15, -0.1) is 0 Å². The summed E-state index contributed by atoms with van der Waals surface area (Å²) in [5.41, 5.74) is 1.41. The van der Waals surface area contributed by atoms with Crippen molar-refractivity contribution in [3.63, 3.8) is 0 Å². The minimum atomic E-state index is -0.612. The third kappa shape index (κ3) is 3.92. The third-order valence-corrected chi connectivity index (χ3v) is 3.25. The van der Waals surface area contributed by atoms with E-state index in [-0.39, 0.29) is 17.7 Å². The second-order valence-electron chi connectivity index (χ2n) is 5.18. The molecule has 0 aliphatic rings. The van der Waals surface area contributed by atoms with Crippen molar-refractivity contribution in [2.45, 2.75) is 39.3 Å². The van der Waals surface area contributed by atoms with Crippen molar-refractivity contribution < 1.29 is 14.3 Å². The van der Waals surface area contributed by atoms with Gasteiger partial charge in [0.25, 0.3) is 5.91 Å². The van der Waals surface area contributed by atoms with Gasteiger partial charge < -0.3 is 14.8 Å². The molecule has 2 N–H and O–H groups in total. The highest BCUT2D eigenvalue weighted by molar-refractivity contribution is 5.92. The van der Waals surface area contributed by atoms with Crippen molar-refractivity contribution in [2.75, 3.05) is 0 Å². The third-order valence-electron chi connectivity index (χ3n) is 3.25. The summed E-state index contributed by atoms with van der Waals surface area (Å²) in [6, 6.07) is 9.20. The van der Waals surface area contributed by atoms with E-state index in [1.165, 1.54) is 0 Å². The molecule has 5 nitrogen and oxygen atoms in total. The fraction of sp³-hybridized carbons (Fsp3) is 0.375. The van der Waals surface area contributed by atoms with Gasteiger partial charge in [0, 0.05) is 13.0 Å². The van der Waals surface area contributed by atoms with Gasteiger partial charge in [0.1, 0.15) is 0 Å². The highest BCUT2D eigenvalue weighted by atomic mass is 16.4. The molecular formula is C16H20N2O3. The minimum absolute atomic E-state index is 0.183. The molecule has 0 fully saturated rings. The van der Waals surface area contributed by atoms with Gasteiger partial charge in [0.05, 0.1) is 11.8 Å². The number of aliphatic hydroxyl groups excluding tert-OH is 1. The van der Waals surface area contributed by atoms with Crippen molar-refractivity contribution in [3.8, 4) is 0 Å². The standard InChI is InChI=1S/C16H20N2O3/c1-10(9-14(19)13-7-5-4-6-8-13)17-16(20)15-11(2)18-12(3)21-15/h4-8,10,14,19H,9H2,1-3H3,(H,17,20)/t10-,14+/m1/s1. The molecule has 0 saturated heterocycles. The smallest absolute Gasteiger partial charge is 0.289 e. The second kappa shape index (κ2) is 6.54. The SMILES string of the molecule is Cc1nc(C)c(C(=O)N[C@H](C)C[C@H](O)c2ccccc2)o1. The van der Waals surface area contributed by atoms with Gasteiger partial charge in [0.2, 0.25) is 5.76 Å². The molecule has 0 aliphatic heterocycles. The van der Waals surface area contributed by atoms with Crippen LogP contribution < -0.4 is 5.32 Å². The van der Waals surface area contributed by atoms with Crippen LogP contribution in [-0.2, 0) is 0 Å². The van der Waals surface area contributed by atoms with E-state index >= 15 is 0 Å². The first-order valence-electron chi connectivity index (χ1n) is 6.95. The Kier molecular flexibility index (Phi) is 4.75. The number of hydrogen-bond donors (Lipinski definition) is 2. The lowest BCUT2D eigenvalue weighted by Crippen LogP contribution is -2.33. The maximum Gasteiger partial charge on any atom is 0.289 e. The maximum atomic E-state index is 12.1. The van der Waals surface area contributed by atoms with E-state index in [1.54, 1.807) is 13.8 Å². The number of rotatable bonds is 5. The van der Waals surface area contributed by atoms with Crippen LogP contribution in [0.4, 0.5) is 0 Å². The average Bonchev–Trinajstić information content (AvgIpc) is 2.78. The number of aliphatic hydroxyl groups is 1. The zero-order chi connectivity index (χ0) is 15.4. The summed E-state index contributed by atoms with van der Waals surface area (Å²) in [6.07, 6.45) is -0.180. The fourth-order valence-electron chi connectivity index (χ4n) is 2.24. The number of hydrogen-bond acceptors (Lipinski definition) is 4. The molecule has 1 aromatic heterocycles. The summed E-state index contributed by atoms with van der Waals surface area (Å²) in [5.74, 6) is 0.393. The van der Waals surface area contributed by atoms with Gasteiger partial charge >= 0.3 is 0 Å². The van der Waals surface area contributed by atoms with Gasteiger partial charge in [-0.1, -0.05) is 30.3 Å². The maximum absolute atomic E-state index is 12.1. The lowest BCUT2D eigenvalue weighted by Gasteiger charge is -2.17. The summed E-state index contributed by atoms with van der Waals surface area (Å²) in [7, 11) is 0. The van der Waals surface area contributed by atoms with E-state index in [0.29, 0.717) is 18.0 Å². The highest BCUT2D eigenvalue weighted by Crippen LogP contribution is 2.18. The number of carbonyl (C=O) groups excluding carboxylic acids is 1. The summed E-state index contributed by atoms with van der Waals surface area (Å²) in [5, 5.41) is 13.0. The van der Waals surface area contributed by atoms with E-state index in [0.717, 1.165) is 5.56 Å². The summed E-state index contributed by atoms with van der Waals surface area (Å²) in [6.45, 7) is 5.28. The Balaban J connectivity index is 1.94. The largest absolute Gasteiger partial charge is 0.436 e. The molecule has 1 aromatic carbocycles. The van der Waals surface area contributed by atoms with E-state index in [4.69, 9.17) is 4.42 Å². The Morgan fingerprint density at radius 3 is 2.57 bits per heavy atom. The molecule has 5 heteroatoms. The molecule has 2 aromatic rings. The minimum Gasteiger partial charge on any atom is -0.436 e. The first-order chi connectivity index (χ1) is 9.97. The van der Waals surface area contributed by atoms with Crippen LogP contribution in [0.1, 0.15) is 47.2 Å². The Bertz CT molecular complexity index is 607. The van der Waals surface area contributed by atoms with E-state index in [2.05, 4.69) is 10.3 Å². The quantitative estimate of drug-likeness (QED) is 0.886. The zero-order valence-corrected chi connectivity index (χ0v) is 12.5. The molecule has 0 spiro atoms. The molecule has 0 bridgehead atoms. The number of oxazole rings is 1. The van der Waals surface area contributed by atoms with Crippen LogP contribution in [0.15, 0.2) is 34.7 Å². The van der Waals surface area contributed by atoms with Crippen LogP contribution in [0.25, 0.3) is 0 Å². The Hall–Kier alpha value is -2.14. The Morgan fingerprint density at radius 1 is 1.33 bits per heavy atom. The number of carbonyl (C=O) groups is 1. The molecule has 0 radical (unpaired) electrons. The topological polar surface area (TPSA) is 75.4 Å². The van der Waals surface area contributed by atoms with Crippen LogP contribution in [0.3, 0.4) is 0 Å². The molecule has 0 saturated carbocycles. The van der Waals surface area contributed by atoms with Gasteiger partial charge in [-0.3, -0.25) is 4.79 Å².